The Morgan fingerprint density at radius 2 is 1.71 bits per heavy atom. The molecule has 4 saturated carbocycles. The Labute approximate surface area is 252 Å². The molecular formula is C31H58N2O8P+. The summed E-state index contributed by atoms with van der Waals surface area (Å²) in [7, 11) is 1.72. The molecule has 4 rings (SSSR count). The highest BCUT2D eigenvalue weighted by Crippen LogP contribution is 2.68. The van der Waals surface area contributed by atoms with Crippen LogP contribution in [0.1, 0.15) is 78.6 Å². The molecule has 5 N–H and O–H groups in total. The summed E-state index contributed by atoms with van der Waals surface area (Å²) < 4.78 is 22.6. The third-order valence-corrected chi connectivity index (χ3v) is 13.1. The number of amides is 1. The number of likely N-dealkylation sites (N-methyl/N-ethyl adjacent to an activating group) is 1. The third-order valence-electron chi connectivity index (χ3n) is 12.0. The summed E-state index contributed by atoms with van der Waals surface area (Å²) in [5.74, 6) is 1.37. The van der Waals surface area contributed by atoms with Crippen molar-refractivity contribution in [3.05, 3.63) is 0 Å². The molecule has 0 heterocycles. The number of nitrogens with one attached hydrogen (secondary N) is 1. The first-order valence-electron chi connectivity index (χ1n) is 16.2. The van der Waals surface area contributed by atoms with Gasteiger partial charge in [0.1, 0.15) is 13.2 Å². The zero-order chi connectivity index (χ0) is 31.1. The second-order valence-electron chi connectivity index (χ2n) is 15.5. The second-order valence-corrected chi connectivity index (χ2v) is 17.0. The van der Waals surface area contributed by atoms with Gasteiger partial charge >= 0.3 is 7.82 Å². The number of carbonyl (C=O) groups is 1. The summed E-state index contributed by atoms with van der Waals surface area (Å²) in [4.78, 5) is 22.4. The SMILES string of the molecule is C[C@H](CCC(=O)NCCOP(=O)(O)OCC[N+](C)(C)C)[C@H]1CC[C@H]2[C@@H]3[C@H](O)C[C@@H]4C[C@H](O)CC[C@]4(C)[C@H]3C[C@H](O)[C@]12C. The maximum absolute atomic E-state index is 12.6. The maximum Gasteiger partial charge on any atom is 0.472 e. The van der Waals surface area contributed by atoms with Crippen LogP contribution in [0.3, 0.4) is 0 Å². The molecule has 11 heteroatoms. The summed E-state index contributed by atoms with van der Waals surface area (Å²) in [6, 6.07) is 0. The van der Waals surface area contributed by atoms with E-state index in [0.717, 1.165) is 38.5 Å². The number of aliphatic hydroxyl groups is 3. The van der Waals surface area contributed by atoms with Crippen LogP contribution in [-0.2, 0) is 18.4 Å². The highest BCUT2D eigenvalue weighted by molar-refractivity contribution is 7.47. The van der Waals surface area contributed by atoms with Crippen molar-refractivity contribution in [1.29, 1.82) is 0 Å². The summed E-state index contributed by atoms with van der Waals surface area (Å²) in [6.07, 6.45) is 5.86. The van der Waals surface area contributed by atoms with Crippen molar-refractivity contribution in [2.45, 2.75) is 96.9 Å². The largest absolute Gasteiger partial charge is 0.472 e. The summed E-state index contributed by atoms with van der Waals surface area (Å²) >= 11 is 0. The van der Waals surface area contributed by atoms with E-state index in [-0.39, 0.29) is 72.2 Å². The molecular weight excluding hydrogens is 559 g/mol. The number of fused-ring (bicyclic) bond motifs is 5. The van der Waals surface area contributed by atoms with Crippen molar-refractivity contribution in [3.63, 3.8) is 0 Å². The van der Waals surface area contributed by atoms with Gasteiger partial charge in [0.15, 0.2) is 0 Å². The van der Waals surface area contributed by atoms with Crippen molar-refractivity contribution in [3.8, 4) is 0 Å². The van der Waals surface area contributed by atoms with E-state index in [1.807, 2.05) is 21.1 Å². The standard InChI is InChI=1S/C31H57N2O8P/c1-20(7-10-28(37)32-13-15-40-42(38,39)41-16-14-33(4,5)6)23-8-9-24-29-25(19-27(36)31(23,24)3)30(2)12-11-22(34)17-21(30)18-26(29)35/h20-27,29,34-36H,7-19H2,1-6H3,(H-,32,37,38,39)/p+1/t20-,21+,22-,23-,24+,25+,26-,27+,29+,30+,31-/m1/s1. The molecule has 244 valence electrons. The first kappa shape index (κ1) is 34.3. The zero-order valence-corrected chi connectivity index (χ0v) is 27.6. The molecule has 0 aromatic rings. The van der Waals surface area contributed by atoms with Crippen LogP contribution in [0.25, 0.3) is 0 Å². The normalized spacial score (nSPS) is 42.1. The van der Waals surface area contributed by atoms with Crippen molar-refractivity contribution in [2.24, 2.45) is 46.3 Å². The summed E-state index contributed by atoms with van der Waals surface area (Å²) in [5.41, 5.74) is -0.240. The number of phosphoric ester groups is 1. The van der Waals surface area contributed by atoms with Crippen molar-refractivity contribution < 1.29 is 43.1 Å². The predicted octanol–water partition coefficient (Wildman–Crippen LogP) is 3.32. The molecule has 0 saturated heterocycles. The number of rotatable bonds is 12. The van der Waals surface area contributed by atoms with Gasteiger partial charge in [-0.1, -0.05) is 20.8 Å². The van der Waals surface area contributed by atoms with Gasteiger partial charge in [0, 0.05) is 13.0 Å². The van der Waals surface area contributed by atoms with E-state index in [1.165, 1.54) is 0 Å². The van der Waals surface area contributed by atoms with Crippen LogP contribution in [0.5, 0.6) is 0 Å². The smallest absolute Gasteiger partial charge is 0.393 e. The van der Waals surface area contributed by atoms with Gasteiger partial charge < -0.3 is 30.0 Å². The third kappa shape index (κ3) is 7.28. The van der Waals surface area contributed by atoms with Crippen LogP contribution in [0, 0.1) is 46.3 Å². The van der Waals surface area contributed by atoms with Gasteiger partial charge in [-0.25, -0.2) is 4.57 Å². The first-order valence-corrected chi connectivity index (χ1v) is 17.7. The number of nitrogens with zero attached hydrogens (tertiary/aromatic N) is 1. The Morgan fingerprint density at radius 1 is 1.02 bits per heavy atom. The number of carbonyl (C=O) groups excluding carboxylic acids is 1. The molecule has 0 bridgehead atoms. The quantitative estimate of drug-likeness (QED) is 0.127. The lowest BCUT2D eigenvalue weighted by atomic mass is 9.43. The van der Waals surface area contributed by atoms with E-state index >= 15 is 0 Å². The Balaban J connectivity index is 1.27. The lowest BCUT2D eigenvalue weighted by Gasteiger charge is -2.63. The second kappa shape index (κ2) is 13.0. The average Bonchev–Trinajstić information content (AvgIpc) is 3.24. The first-order chi connectivity index (χ1) is 19.5. The zero-order valence-electron chi connectivity index (χ0n) is 26.7. The predicted molar refractivity (Wildman–Crippen MR) is 160 cm³/mol. The number of aliphatic hydroxyl groups excluding tert-OH is 3. The number of hydrogen-bond donors (Lipinski definition) is 5. The van der Waals surface area contributed by atoms with Gasteiger partial charge in [-0.2, -0.15) is 0 Å². The van der Waals surface area contributed by atoms with Crippen LogP contribution in [-0.4, -0.2) is 96.4 Å². The monoisotopic (exact) mass is 617 g/mol. The number of phosphoric acid groups is 1. The molecule has 42 heavy (non-hydrogen) atoms. The van der Waals surface area contributed by atoms with E-state index in [9.17, 15) is 29.6 Å². The summed E-state index contributed by atoms with van der Waals surface area (Å²) in [5, 5.41) is 36.3. The Hall–Kier alpha value is -0.580. The lowest BCUT2D eigenvalue weighted by molar-refractivity contribution is -0.870. The maximum atomic E-state index is 12.6. The van der Waals surface area contributed by atoms with Gasteiger partial charge in [-0.15, -0.1) is 0 Å². The fraction of sp³-hybridized carbons (Fsp3) is 0.968. The molecule has 0 spiro atoms. The molecule has 0 aromatic carbocycles. The van der Waals surface area contributed by atoms with Crippen LogP contribution >= 0.6 is 7.82 Å². The molecule has 10 nitrogen and oxygen atoms in total. The molecule has 0 aromatic heterocycles. The molecule has 0 radical (unpaired) electrons. The number of hydrogen-bond acceptors (Lipinski definition) is 7. The van der Waals surface area contributed by atoms with E-state index in [1.54, 1.807) is 0 Å². The van der Waals surface area contributed by atoms with Crippen LogP contribution in [0.15, 0.2) is 0 Å². The Kier molecular flexibility index (Phi) is 10.6. The van der Waals surface area contributed by atoms with Crippen LogP contribution < -0.4 is 5.32 Å². The van der Waals surface area contributed by atoms with Gasteiger partial charge in [0.05, 0.1) is 46.1 Å². The molecule has 4 aliphatic rings. The van der Waals surface area contributed by atoms with Gasteiger partial charge in [-0.05, 0) is 97.7 Å². The fourth-order valence-electron chi connectivity index (χ4n) is 9.60. The molecule has 12 atom stereocenters. The average molecular weight is 618 g/mol. The molecule has 0 aliphatic heterocycles. The Bertz CT molecular complexity index is 992. The van der Waals surface area contributed by atoms with E-state index in [0.29, 0.717) is 36.2 Å². The molecule has 1 amide bonds. The van der Waals surface area contributed by atoms with Crippen molar-refractivity contribution in [2.75, 3.05) is 47.4 Å². The molecule has 4 fully saturated rings. The minimum absolute atomic E-state index is 0.0541. The van der Waals surface area contributed by atoms with E-state index in [2.05, 4.69) is 26.1 Å². The van der Waals surface area contributed by atoms with E-state index in [4.69, 9.17) is 9.05 Å². The van der Waals surface area contributed by atoms with Crippen LogP contribution in [0.4, 0.5) is 0 Å². The summed E-state index contributed by atoms with van der Waals surface area (Å²) in [6.45, 7) is 7.43. The highest BCUT2D eigenvalue weighted by Gasteiger charge is 2.65. The van der Waals surface area contributed by atoms with Crippen molar-refractivity contribution >= 4 is 13.7 Å². The highest BCUT2D eigenvalue weighted by atomic mass is 31.2. The van der Waals surface area contributed by atoms with Crippen molar-refractivity contribution in [1.82, 2.24) is 5.32 Å². The fourth-order valence-corrected chi connectivity index (χ4v) is 10.3. The molecule has 4 aliphatic carbocycles. The topological polar surface area (TPSA) is 146 Å². The minimum atomic E-state index is -4.16. The van der Waals surface area contributed by atoms with Gasteiger partial charge in [0.25, 0.3) is 0 Å². The molecule has 1 unspecified atom stereocenters. The van der Waals surface area contributed by atoms with Crippen LogP contribution in [0.2, 0.25) is 0 Å². The Morgan fingerprint density at radius 3 is 2.40 bits per heavy atom. The van der Waals surface area contributed by atoms with Gasteiger partial charge in [0.2, 0.25) is 5.91 Å². The lowest BCUT2D eigenvalue weighted by Crippen LogP contribution is -2.62. The number of quaternary nitrogens is 1. The van der Waals surface area contributed by atoms with Gasteiger partial charge in [-0.3, -0.25) is 13.8 Å². The van der Waals surface area contributed by atoms with E-state index < -0.39 is 20.0 Å². The minimum Gasteiger partial charge on any atom is -0.393 e.